The normalized spacial score (nSPS) is 24.5. The number of nitrogens with zero attached hydrogens (tertiary/aromatic N) is 4. The van der Waals surface area contributed by atoms with E-state index in [-0.39, 0.29) is 10.8 Å². The van der Waals surface area contributed by atoms with Crippen LogP contribution < -0.4 is 5.73 Å². The van der Waals surface area contributed by atoms with Gasteiger partial charge in [-0.1, -0.05) is 41.4 Å². The van der Waals surface area contributed by atoms with Crippen molar-refractivity contribution in [3.05, 3.63) is 121 Å². The first-order chi connectivity index (χ1) is 24.0. The molecule has 4 heterocycles. The number of anilines is 1. The molecule has 5 nitrogen and oxygen atoms in total. The van der Waals surface area contributed by atoms with Crippen LogP contribution in [0.25, 0.3) is 0 Å². The Morgan fingerprint density at radius 3 is 1.52 bits per heavy atom. The number of rotatable bonds is 2. The summed E-state index contributed by atoms with van der Waals surface area (Å²) in [7, 11) is 4.45. The lowest BCUT2D eigenvalue weighted by atomic mass is 9.64. The fraction of sp³-hybridized carbons (Fsp3) is 0.488. The number of nitrogen functional groups attached to an aromatic ring is 1. The minimum atomic E-state index is -0.0826. The zero-order valence-corrected chi connectivity index (χ0v) is 32.0. The van der Waals surface area contributed by atoms with Crippen LogP contribution in [0, 0.1) is 18.8 Å². The SMILES string of the molecule is CN1CCC(C2(C)c3ccc(Cl)cc3CCc3cc(N)cnc32)CC1.Cc1cnc2c(c1)CCc1cc(Cl)ccc1C2(C)C1CCN(C)CC1. The van der Waals surface area contributed by atoms with E-state index in [1.54, 1.807) is 0 Å². The summed E-state index contributed by atoms with van der Waals surface area (Å²) >= 11 is 12.7. The molecule has 2 aliphatic carbocycles. The Hall–Kier alpha value is -2.96. The highest BCUT2D eigenvalue weighted by atomic mass is 35.5. The fourth-order valence-electron chi connectivity index (χ4n) is 9.82. The Morgan fingerprint density at radius 2 is 1.04 bits per heavy atom. The molecule has 2 unspecified atom stereocenters. The topological polar surface area (TPSA) is 58.3 Å². The molecule has 4 aliphatic rings. The molecule has 2 aliphatic heterocycles. The van der Waals surface area contributed by atoms with Crippen molar-refractivity contribution in [1.82, 2.24) is 19.8 Å². The summed E-state index contributed by atoms with van der Waals surface area (Å²) in [6.45, 7) is 11.6. The van der Waals surface area contributed by atoms with Crippen LogP contribution in [0.2, 0.25) is 10.0 Å². The number of nitrogens with two attached hydrogens (primary N) is 1. The molecule has 0 radical (unpaired) electrons. The maximum atomic E-state index is 6.34. The van der Waals surface area contributed by atoms with Gasteiger partial charge in [-0.25, -0.2) is 0 Å². The van der Waals surface area contributed by atoms with Gasteiger partial charge in [0.05, 0.1) is 23.3 Å². The van der Waals surface area contributed by atoms with E-state index in [1.165, 1.54) is 89.1 Å². The van der Waals surface area contributed by atoms with Crippen LogP contribution in [0.1, 0.15) is 89.9 Å². The number of piperidine rings is 2. The van der Waals surface area contributed by atoms with Crippen LogP contribution in [0.5, 0.6) is 0 Å². The van der Waals surface area contributed by atoms with Crippen LogP contribution in [0.15, 0.2) is 60.9 Å². The number of halogens is 2. The lowest BCUT2D eigenvalue weighted by Gasteiger charge is -2.43. The van der Waals surface area contributed by atoms with E-state index in [2.05, 4.69) is 87.1 Å². The Bertz CT molecular complexity index is 1610. The first kappa shape index (κ1) is 35.4. The quantitative estimate of drug-likeness (QED) is 0.225. The number of benzene rings is 2. The number of likely N-dealkylation sites (tertiary alicyclic amines) is 2. The zero-order valence-electron chi connectivity index (χ0n) is 30.5. The molecule has 0 saturated carbocycles. The summed E-state index contributed by atoms with van der Waals surface area (Å²) in [5.41, 5.74) is 18.8. The second kappa shape index (κ2) is 14.2. The van der Waals surface area contributed by atoms with E-state index in [0.29, 0.717) is 11.8 Å². The van der Waals surface area contributed by atoms with Gasteiger partial charge in [0.1, 0.15) is 0 Å². The maximum absolute atomic E-state index is 6.34. The minimum Gasteiger partial charge on any atom is -0.397 e. The Morgan fingerprint density at radius 1 is 0.620 bits per heavy atom. The Labute approximate surface area is 309 Å². The Balaban J connectivity index is 0.000000157. The van der Waals surface area contributed by atoms with Gasteiger partial charge in [-0.05, 0) is 194 Å². The third-order valence-corrected chi connectivity index (χ3v) is 13.2. The monoisotopic (exact) mass is 709 g/mol. The predicted octanol–water partition coefficient (Wildman–Crippen LogP) is 8.85. The average molecular weight is 711 g/mol. The molecule has 0 bridgehead atoms. The van der Waals surface area contributed by atoms with Crippen molar-refractivity contribution >= 4 is 28.9 Å². The fourth-order valence-corrected chi connectivity index (χ4v) is 10.2. The van der Waals surface area contributed by atoms with Gasteiger partial charge >= 0.3 is 0 Å². The van der Waals surface area contributed by atoms with Crippen molar-refractivity contribution in [1.29, 1.82) is 0 Å². The molecule has 2 atom stereocenters. The lowest BCUT2D eigenvalue weighted by Crippen LogP contribution is -2.42. The van der Waals surface area contributed by atoms with Gasteiger partial charge in [0.15, 0.2) is 0 Å². The van der Waals surface area contributed by atoms with Gasteiger partial charge in [0.25, 0.3) is 0 Å². The molecule has 2 N–H and O–H groups in total. The van der Waals surface area contributed by atoms with Gasteiger partial charge in [-0.3, -0.25) is 9.97 Å². The van der Waals surface area contributed by atoms with Gasteiger partial charge in [0.2, 0.25) is 0 Å². The molecule has 2 fully saturated rings. The molecule has 264 valence electrons. The van der Waals surface area contributed by atoms with Crippen LogP contribution in [-0.4, -0.2) is 60.0 Å². The summed E-state index contributed by atoms with van der Waals surface area (Å²) in [6, 6.07) is 17.4. The summed E-state index contributed by atoms with van der Waals surface area (Å²) in [6.07, 6.45) is 12.8. The standard InChI is InChI=1S/C22H27ClN2.C21H26ClN3/c1-15-12-17-5-4-16-13-19(23)6-7-20(16)22(2,21(17)24-14-15)18-8-10-25(3)11-9-18;1-21(16-7-9-25(2)10-8-16)19-6-5-17(22)11-14(19)3-4-15-12-18(23)13-24-20(15)21/h6-7,12-14,18H,4-5,8-11H2,1-3H3;5-6,11-13,16H,3-4,7-10,23H2,1-2H3. The molecular weight excluding hydrogens is 657 g/mol. The smallest absolute Gasteiger partial charge is 0.0543 e. The molecule has 0 amide bonds. The summed E-state index contributed by atoms with van der Waals surface area (Å²) in [4.78, 5) is 14.8. The van der Waals surface area contributed by atoms with Gasteiger partial charge in [-0.2, -0.15) is 0 Å². The first-order valence-electron chi connectivity index (χ1n) is 18.6. The third kappa shape index (κ3) is 6.60. The third-order valence-electron chi connectivity index (χ3n) is 12.7. The van der Waals surface area contributed by atoms with Crippen LogP contribution in [0.4, 0.5) is 5.69 Å². The number of hydrogen-bond donors (Lipinski definition) is 1. The molecule has 7 heteroatoms. The molecule has 2 aromatic carbocycles. The van der Waals surface area contributed by atoms with Crippen molar-refractivity contribution in [2.45, 2.75) is 83.0 Å². The van der Waals surface area contributed by atoms with E-state index < -0.39 is 0 Å². The van der Waals surface area contributed by atoms with Gasteiger partial charge < -0.3 is 15.5 Å². The number of pyridine rings is 2. The van der Waals surface area contributed by atoms with Gasteiger partial charge in [0, 0.05) is 27.1 Å². The number of aryl methyl sites for hydroxylation is 5. The van der Waals surface area contributed by atoms with Crippen LogP contribution >= 0.6 is 23.2 Å². The van der Waals surface area contributed by atoms with Crippen molar-refractivity contribution in [3.8, 4) is 0 Å². The number of hydrogen-bond acceptors (Lipinski definition) is 5. The summed E-state index contributed by atoms with van der Waals surface area (Å²) in [5, 5.41) is 1.67. The molecule has 2 aromatic heterocycles. The largest absolute Gasteiger partial charge is 0.397 e. The maximum Gasteiger partial charge on any atom is 0.0543 e. The van der Waals surface area contributed by atoms with E-state index in [1.807, 2.05) is 18.5 Å². The van der Waals surface area contributed by atoms with E-state index >= 15 is 0 Å². The Kier molecular flexibility index (Phi) is 10.1. The molecule has 50 heavy (non-hydrogen) atoms. The van der Waals surface area contributed by atoms with E-state index in [0.717, 1.165) is 54.5 Å². The second-order valence-corrected chi connectivity index (χ2v) is 16.8. The van der Waals surface area contributed by atoms with Crippen LogP contribution in [0.3, 0.4) is 0 Å². The summed E-state index contributed by atoms with van der Waals surface area (Å²) < 4.78 is 0. The summed E-state index contributed by atoms with van der Waals surface area (Å²) in [5.74, 6) is 1.20. The van der Waals surface area contributed by atoms with Crippen molar-refractivity contribution in [2.24, 2.45) is 11.8 Å². The van der Waals surface area contributed by atoms with E-state index in [4.69, 9.17) is 38.9 Å². The highest BCUT2D eigenvalue weighted by Crippen LogP contribution is 2.49. The van der Waals surface area contributed by atoms with Crippen LogP contribution in [-0.2, 0) is 36.5 Å². The van der Waals surface area contributed by atoms with Gasteiger partial charge in [-0.15, -0.1) is 0 Å². The molecular formula is C43H53Cl2N5. The lowest BCUT2D eigenvalue weighted by molar-refractivity contribution is 0.170. The molecule has 2 saturated heterocycles. The zero-order chi connectivity index (χ0) is 35.2. The number of fused-ring (bicyclic) bond motifs is 4. The first-order valence-corrected chi connectivity index (χ1v) is 19.4. The van der Waals surface area contributed by atoms with Crippen molar-refractivity contribution in [2.75, 3.05) is 46.0 Å². The highest BCUT2D eigenvalue weighted by Gasteiger charge is 2.45. The number of aromatic nitrogens is 2. The molecule has 0 spiro atoms. The molecule has 4 aromatic rings. The molecule has 8 rings (SSSR count). The van der Waals surface area contributed by atoms with Crippen molar-refractivity contribution in [3.63, 3.8) is 0 Å². The second-order valence-electron chi connectivity index (χ2n) is 16.0. The highest BCUT2D eigenvalue weighted by molar-refractivity contribution is 6.31. The average Bonchev–Trinajstić information content (AvgIpc) is 3.29. The minimum absolute atomic E-state index is 0.0271. The predicted molar refractivity (Wildman–Crippen MR) is 209 cm³/mol. The van der Waals surface area contributed by atoms with Crippen molar-refractivity contribution < 1.29 is 0 Å². The van der Waals surface area contributed by atoms with E-state index in [9.17, 15) is 0 Å².